The first kappa shape index (κ1) is 14.1. The molecule has 1 N–H and O–H groups in total. The lowest BCUT2D eigenvalue weighted by Crippen LogP contribution is -2.40. The topological polar surface area (TPSA) is 32.3 Å². The van der Waals surface area contributed by atoms with Crippen LogP contribution in [0.1, 0.15) is 43.4 Å². The van der Waals surface area contributed by atoms with Crippen molar-refractivity contribution in [1.29, 1.82) is 0 Å². The number of halogens is 1. The van der Waals surface area contributed by atoms with Crippen molar-refractivity contribution in [3.8, 4) is 0 Å². The summed E-state index contributed by atoms with van der Waals surface area (Å²) >= 11 is 3.54. The van der Waals surface area contributed by atoms with Crippen LogP contribution < -0.4 is 5.32 Å². The Balaban J connectivity index is 1.60. The lowest BCUT2D eigenvalue weighted by Gasteiger charge is -2.25. The molecule has 2 atom stereocenters. The van der Waals surface area contributed by atoms with Crippen molar-refractivity contribution in [2.45, 2.75) is 44.7 Å². The molecule has 1 saturated heterocycles. The second-order valence-corrected chi connectivity index (χ2v) is 6.86. The summed E-state index contributed by atoms with van der Waals surface area (Å²) in [5.74, 6) is 0.314. The van der Waals surface area contributed by atoms with Crippen LogP contribution in [0.2, 0.25) is 0 Å². The first-order chi connectivity index (χ1) is 9.63. The van der Waals surface area contributed by atoms with Crippen molar-refractivity contribution < 1.29 is 4.79 Å². The Morgan fingerprint density at radius 3 is 3.05 bits per heavy atom. The molecule has 3 rings (SSSR count). The minimum absolute atomic E-state index is 0.314. The van der Waals surface area contributed by atoms with Crippen LogP contribution in [-0.4, -0.2) is 29.9 Å². The summed E-state index contributed by atoms with van der Waals surface area (Å²) < 4.78 is 1.16. The van der Waals surface area contributed by atoms with Crippen LogP contribution in [0, 0.1) is 0 Å². The fourth-order valence-electron chi connectivity index (χ4n) is 3.38. The molecule has 1 aliphatic heterocycles. The van der Waals surface area contributed by atoms with Gasteiger partial charge in [0.15, 0.2) is 0 Å². The number of benzene rings is 1. The molecule has 2 unspecified atom stereocenters. The third-order valence-corrected chi connectivity index (χ3v) is 4.83. The molecule has 1 aromatic rings. The summed E-state index contributed by atoms with van der Waals surface area (Å²) in [6.45, 7) is 3.95. The largest absolute Gasteiger partial charge is 0.341 e. The molecule has 0 aromatic heterocycles. The van der Waals surface area contributed by atoms with Gasteiger partial charge in [0.2, 0.25) is 5.91 Å². The van der Waals surface area contributed by atoms with Gasteiger partial charge in [-0.15, -0.1) is 0 Å². The van der Waals surface area contributed by atoms with Crippen molar-refractivity contribution >= 4 is 21.8 Å². The van der Waals surface area contributed by atoms with Gasteiger partial charge in [-0.25, -0.2) is 0 Å². The van der Waals surface area contributed by atoms with E-state index in [-0.39, 0.29) is 0 Å². The van der Waals surface area contributed by atoms with E-state index in [9.17, 15) is 4.79 Å². The molecule has 1 aromatic carbocycles. The van der Waals surface area contributed by atoms with Gasteiger partial charge in [0.05, 0.1) is 0 Å². The lowest BCUT2D eigenvalue weighted by molar-refractivity contribution is -0.127. The van der Waals surface area contributed by atoms with Gasteiger partial charge < -0.3 is 10.2 Å². The fraction of sp³-hybridized carbons (Fsp3) is 0.562. The molecule has 0 saturated carbocycles. The molecular formula is C16H21BrN2O. The molecule has 1 heterocycles. The number of amides is 1. The lowest BCUT2D eigenvalue weighted by atomic mass is 10.1. The van der Waals surface area contributed by atoms with E-state index in [0.29, 0.717) is 18.0 Å². The first-order valence-corrected chi connectivity index (χ1v) is 8.25. The van der Waals surface area contributed by atoms with Crippen molar-refractivity contribution in [2.75, 3.05) is 13.1 Å². The van der Waals surface area contributed by atoms with E-state index in [4.69, 9.17) is 0 Å². The summed E-state index contributed by atoms with van der Waals surface area (Å²) in [7, 11) is 0. The smallest absolute Gasteiger partial charge is 0.222 e. The summed E-state index contributed by atoms with van der Waals surface area (Å²) in [4.78, 5) is 13.7. The van der Waals surface area contributed by atoms with Crippen LogP contribution in [0.15, 0.2) is 22.7 Å². The summed E-state index contributed by atoms with van der Waals surface area (Å²) in [5.41, 5.74) is 2.87. The van der Waals surface area contributed by atoms with E-state index in [1.54, 1.807) is 0 Å². The van der Waals surface area contributed by atoms with Gasteiger partial charge in [0.25, 0.3) is 0 Å². The second-order valence-electron chi connectivity index (χ2n) is 5.95. The van der Waals surface area contributed by atoms with Gasteiger partial charge in [-0.1, -0.05) is 22.0 Å². The number of carbonyl (C=O) groups excluding carboxylic acids is 1. The molecule has 108 valence electrons. The van der Waals surface area contributed by atoms with Gasteiger partial charge in [0, 0.05) is 36.1 Å². The number of likely N-dealkylation sites (tertiary alicyclic amines) is 1. The monoisotopic (exact) mass is 336 g/mol. The Morgan fingerprint density at radius 1 is 1.45 bits per heavy atom. The highest BCUT2D eigenvalue weighted by molar-refractivity contribution is 9.10. The number of nitrogens with zero attached hydrogens (tertiary/aromatic N) is 1. The van der Waals surface area contributed by atoms with Gasteiger partial charge in [-0.3, -0.25) is 4.79 Å². The predicted molar refractivity (Wildman–Crippen MR) is 83.6 cm³/mol. The van der Waals surface area contributed by atoms with Crippen molar-refractivity contribution in [1.82, 2.24) is 10.2 Å². The SMILES string of the molecule is CC(CN1CCCC1=O)NC1CCc2cc(Br)ccc21. The van der Waals surface area contributed by atoms with Crippen molar-refractivity contribution in [3.63, 3.8) is 0 Å². The van der Waals surface area contributed by atoms with E-state index < -0.39 is 0 Å². The Hall–Kier alpha value is -0.870. The minimum Gasteiger partial charge on any atom is -0.341 e. The zero-order chi connectivity index (χ0) is 14.1. The Kier molecular flexibility index (Phi) is 4.13. The molecule has 0 radical (unpaired) electrons. The maximum atomic E-state index is 11.7. The first-order valence-electron chi connectivity index (χ1n) is 7.45. The summed E-state index contributed by atoms with van der Waals surface area (Å²) in [6.07, 6.45) is 4.05. The molecule has 3 nitrogen and oxygen atoms in total. The van der Waals surface area contributed by atoms with Crippen LogP contribution in [0.5, 0.6) is 0 Å². The number of nitrogens with one attached hydrogen (secondary N) is 1. The Bertz CT molecular complexity index is 517. The van der Waals surface area contributed by atoms with Crippen LogP contribution in [0.4, 0.5) is 0 Å². The third kappa shape index (κ3) is 2.91. The van der Waals surface area contributed by atoms with Gasteiger partial charge in [-0.2, -0.15) is 0 Å². The average Bonchev–Trinajstić information content (AvgIpc) is 2.97. The van der Waals surface area contributed by atoms with E-state index in [1.807, 2.05) is 4.90 Å². The highest BCUT2D eigenvalue weighted by Gasteiger charge is 2.26. The number of hydrogen-bond acceptors (Lipinski definition) is 2. The van der Waals surface area contributed by atoms with E-state index in [0.717, 1.165) is 43.2 Å². The van der Waals surface area contributed by atoms with E-state index in [1.165, 1.54) is 11.1 Å². The summed E-state index contributed by atoms with van der Waals surface area (Å²) in [6, 6.07) is 7.35. The minimum atomic E-state index is 0.314. The molecule has 0 spiro atoms. The third-order valence-electron chi connectivity index (χ3n) is 4.33. The highest BCUT2D eigenvalue weighted by Crippen LogP contribution is 2.33. The molecule has 2 aliphatic rings. The van der Waals surface area contributed by atoms with Crippen LogP contribution in [0.25, 0.3) is 0 Å². The van der Waals surface area contributed by atoms with Gasteiger partial charge in [0.1, 0.15) is 0 Å². The van der Waals surface area contributed by atoms with E-state index >= 15 is 0 Å². The number of hydrogen-bond donors (Lipinski definition) is 1. The van der Waals surface area contributed by atoms with Crippen LogP contribution in [0.3, 0.4) is 0 Å². The fourth-order valence-corrected chi connectivity index (χ4v) is 3.79. The highest BCUT2D eigenvalue weighted by atomic mass is 79.9. The molecule has 1 fully saturated rings. The zero-order valence-electron chi connectivity index (χ0n) is 11.9. The van der Waals surface area contributed by atoms with Crippen molar-refractivity contribution in [3.05, 3.63) is 33.8 Å². The number of fused-ring (bicyclic) bond motifs is 1. The molecule has 20 heavy (non-hydrogen) atoms. The standard InChI is InChI=1S/C16H21BrN2O/c1-11(10-19-8-2-3-16(19)20)18-15-7-4-12-9-13(17)5-6-14(12)15/h5-6,9,11,15,18H,2-4,7-8,10H2,1H3. The number of rotatable bonds is 4. The molecule has 0 bridgehead atoms. The van der Waals surface area contributed by atoms with Gasteiger partial charge >= 0.3 is 0 Å². The van der Waals surface area contributed by atoms with Crippen molar-refractivity contribution in [2.24, 2.45) is 0 Å². The molecule has 1 aliphatic carbocycles. The van der Waals surface area contributed by atoms with Crippen LogP contribution in [-0.2, 0) is 11.2 Å². The quantitative estimate of drug-likeness (QED) is 0.916. The molecule has 4 heteroatoms. The van der Waals surface area contributed by atoms with E-state index in [2.05, 4.69) is 46.4 Å². The van der Waals surface area contributed by atoms with Gasteiger partial charge in [-0.05, 0) is 49.4 Å². The second kappa shape index (κ2) is 5.86. The normalized spacial score (nSPS) is 23.2. The number of aryl methyl sites for hydroxylation is 1. The van der Waals surface area contributed by atoms with Crippen LogP contribution >= 0.6 is 15.9 Å². The maximum absolute atomic E-state index is 11.7. The Labute approximate surface area is 128 Å². The maximum Gasteiger partial charge on any atom is 0.222 e. The predicted octanol–water partition coefficient (Wildman–Crippen LogP) is 3.04. The molecular weight excluding hydrogens is 316 g/mol. The summed E-state index contributed by atoms with van der Waals surface area (Å²) in [5, 5.41) is 3.69. The zero-order valence-corrected chi connectivity index (χ0v) is 13.4. The average molecular weight is 337 g/mol. The number of carbonyl (C=O) groups is 1. The molecule has 1 amide bonds. The Morgan fingerprint density at radius 2 is 2.30 bits per heavy atom.